The van der Waals surface area contributed by atoms with E-state index in [0.29, 0.717) is 25.9 Å². The summed E-state index contributed by atoms with van der Waals surface area (Å²) < 4.78 is 28.4. The molecule has 6 nitrogen and oxygen atoms in total. The van der Waals surface area contributed by atoms with Crippen LogP contribution in [0, 0.1) is 0 Å². The maximum Gasteiger partial charge on any atom is 0.322 e. The van der Waals surface area contributed by atoms with Crippen LogP contribution in [0.4, 0.5) is 0 Å². The maximum absolute atomic E-state index is 11.2. The molecule has 0 aliphatic carbocycles. The van der Waals surface area contributed by atoms with Gasteiger partial charge in [0.15, 0.2) is 0 Å². The second kappa shape index (κ2) is 7.59. The topological polar surface area (TPSA) is 84.5 Å². The predicted octanol–water partition coefficient (Wildman–Crippen LogP) is -0.533. The van der Waals surface area contributed by atoms with Crippen LogP contribution in [0.3, 0.4) is 0 Å². The van der Waals surface area contributed by atoms with E-state index in [-0.39, 0.29) is 12.0 Å². The molecule has 0 heterocycles. The summed E-state index contributed by atoms with van der Waals surface area (Å²) in [7, 11) is -1.78. The Balaban J connectivity index is 3.68. The van der Waals surface area contributed by atoms with Crippen LogP contribution in [0.15, 0.2) is 0 Å². The van der Waals surface area contributed by atoms with Crippen molar-refractivity contribution in [3.8, 4) is 0 Å². The minimum atomic E-state index is -3.12. The second-order valence-electron chi connectivity index (χ2n) is 3.46. The first-order valence-electron chi connectivity index (χ1n) is 5.16. The Labute approximate surface area is 96.8 Å². The summed E-state index contributed by atoms with van der Waals surface area (Å²) in [6.07, 6.45) is 2.39. The molecule has 0 radical (unpaired) electrons. The first kappa shape index (κ1) is 15.3. The molecule has 96 valence electrons. The van der Waals surface area contributed by atoms with E-state index in [9.17, 15) is 13.2 Å². The van der Waals surface area contributed by atoms with E-state index >= 15 is 0 Å². The van der Waals surface area contributed by atoms with E-state index < -0.39 is 10.0 Å². The van der Waals surface area contributed by atoms with Gasteiger partial charge in [-0.2, -0.15) is 0 Å². The number of carbonyl (C=O) groups excluding carboxylic acids is 1. The van der Waals surface area contributed by atoms with Gasteiger partial charge in [-0.3, -0.25) is 4.79 Å². The van der Waals surface area contributed by atoms with Gasteiger partial charge >= 0.3 is 5.97 Å². The SMILES string of the molecule is CCC(NCCCNS(C)(=O)=O)C(=O)OC. The average molecular weight is 252 g/mol. The number of ether oxygens (including phenoxy) is 1. The van der Waals surface area contributed by atoms with Gasteiger partial charge in [-0.15, -0.1) is 0 Å². The van der Waals surface area contributed by atoms with Crippen LogP contribution in [0.1, 0.15) is 19.8 Å². The van der Waals surface area contributed by atoms with Gasteiger partial charge in [0.05, 0.1) is 13.4 Å². The molecule has 7 heteroatoms. The fourth-order valence-corrected chi connectivity index (χ4v) is 1.67. The molecule has 0 bridgehead atoms. The third-order valence-electron chi connectivity index (χ3n) is 2.00. The van der Waals surface area contributed by atoms with E-state index in [4.69, 9.17) is 0 Å². The smallest absolute Gasteiger partial charge is 0.322 e. The molecule has 0 aliphatic heterocycles. The number of carbonyl (C=O) groups is 1. The first-order chi connectivity index (χ1) is 7.40. The zero-order chi connectivity index (χ0) is 12.6. The summed E-state index contributed by atoms with van der Waals surface area (Å²) in [5.41, 5.74) is 0. The van der Waals surface area contributed by atoms with Crippen molar-refractivity contribution < 1.29 is 17.9 Å². The molecule has 0 aromatic carbocycles. The average Bonchev–Trinajstić information content (AvgIpc) is 2.21. The van der Waals surface area contributed by atoms with Crippen molar-refractivity contribution in [2.45, 2.75) is 25.8 Å². The van der Waals surface area contributed by atoms with Crippen molar-refractivity contribution in [2.75, 3.05) is 26.5 Å². The van der Waals surface area contributed by atoms with Crippen molar-refractivity contribution in [3.63, 3.8) is 0 Å². The van der Waals surface area contributed by atoms with E-state index in [2.05, 4.69) is 14.8 Å². The Kier molecular flexibility index (Phi) is 7.27. The molecule has 16 heavy (non-hydrogen) atoms. The number of hydrogen-bond acceptors (Lipinski definition) is 5. The molecule has 0 aliphatic rings. The lowest BCUT2D eigenvalue weighted by Crippen LogP contribution is -2.38. The molecule has 2 N–H and O–H groups in total. The number of sulfonamides is 1. The number of hydrogen-bond donors (Lipinski definition) is 2. The highest BCUT2D eigenvalue weighted by Crippen LogP contribution is 1.93. The maximum atomic E-state index is 11.2. The summed E-state index contributed by atoms with van der Waals surface area (Å²) >= 11 is 0. The largest absolute Gasteiger partial charge is 0.468 e. The van der Waals surface area contributed by atoms with Crippen LogP contribution < -0.4 is 10.0 Å². The van der Waals surface area contributed by atoms with Crippen molar-refractivity contribution in [2.24, 2.45) is 0 Å². The Bertz CT molecular complexity index is 303. The third-order valence-corrected chi connectivity index (χ3v) is 2.73. The molecule has 0 aromatic rings. The van der Waals surface area contributed by atoms with Gasteiger partial charge < -0.3 is 10.1 Å². The van der Waals surface area contributed by atoms with Gasteiger partial charge in [-0.1, -0.05) is 6.92 Å². The molecule has 0 aromatic heterocycles. The molecule has 1 atom stereocenters. The second-order valence-corrected chi connectivity index (χ2v) is 5.29. The van der Waals surface area contributed by atoms with Crippen LogP contribution >= 0.6 is 0 Å². The molecule has 0 fully saturated rings. The summed E-state index contributed by atoms with van der Waals surface area (Å²) in [6, 6.07) is -0.316. The van der Waals surface area contributed by atoms with Gasteiger partial charge in [0, 0.05) is 6.54 Å². The molecule has 0 amide bonds. The normalized spacial score (nSPS) is 13.4. The Hall–Kier alpha value is -0.660. The summed E-state index contributed by atoms with van der Waals surface area (Å²) in [4.78, 5) is 11.2. The van der Waals surface area contributed by atoms with Crippen LogP contribution in [0.5, 0.6) is 0 Å². The van der Waals surface area contributed by atoms with Gasteiger partial charge in [0.2, 0.25) is 10.0 Å². The monoisotopic (exact) mass is 252 g/mol. The van der Waals surface area contributed by atoms with E-state index in [1.54, 1.807) is 0 Å². The van der Waals surface area contributed by atoms with Crippen molar-refractivity contribution in [1.29, 1.82) is 0 Å². The zero-order valence-corrected chi connectivity index (χ0v) is 10.8. The summed E-state index contributed by atoms with van der Waals surface area (Å²) in [5.74, 6) is -0.293. The van der Waals surface area contributed by atoms with Crippen molar-refractivity contribution in [3.05, 3.63) is 0 Å². The lowest BCUT2D eigenvalue weighted by atomic mass is 10.2. The Morgan fingerprint density at radius 3 is 2.44 bits per heavy atom. The molecule has 0 rings (SSSR count). The van der Waals surface area contributed by atoms with Crippen LogP contribution in [0.2, 0.25) is 0 Å². The number of rotatable bonds is 8. The van der Waals surface area contributed by atoms with E-state index in [0.717, 1.165) is 6.26 Å². The number of methoxy groups -OCH3 is 1. The van der Waals surface area contributed by atoms with Gasteiger partial charge in [-0.25, -0.2) is 13.1 Å². The van der Waals surface area contributed by atoms with Crippen LogP contribution in [-0.4, -0.2) is 46.9 Å². The molecular formula is C9H20N2O4S. The predicted molar refractivity (Wildman–Crippen MR) is 61.6 cm³/mol. The third kappa shape index (κ3) is 7.61. The summed E-state index contributed by atoms with van der Waals surface area (Å²) in [6.45, 7) is 2.81. The lowest BCUT2D eigenvalue weighted by molar-refractivity contribution is -0.143. The highest BCUT2D eigenvalue weighted by Gasteiger charge is 2.15. The highest BCUT2D eigenvalue weighted by molar-refractivity contribution is 7.88. The van der Waals surface area contributed by atoms with E-state index in [1.165, 1.54) is 7.11 Å². The summed E-state index contributed by atoms with van der Waals surface area (Å²) in [5, 5.41) is 3.00. The van der Waals surface area contributed by atoms with Gasteiger partial charge in [0.25, 0.3) is 0 Å². The number of esters is 1. The first-order valence-corrected chi connectivity index (χ1v) is 7.05. The minimum Gasteiger partial charge on any atom is -0.468 e. The standard InChI is InChI=1S/C9H20N2O4S/c1-4-8(9(12)15-2)10-6-5-7-11-16(3,13)14/h8,10-11H,4-7H2,1-3H3. The molecule has 0 spiro atoms. The zero-order valence-electron chi connectivity index (χ0n) is 9.95. The van der Waals surface area contributed by atoms with Crippen LogP contribution in [0.25, 0.3) is 0 Å². The fourth-order valence-electron chi connectivity index (χ4n) is 1.16. The van der Waals surface area contributed by atoms with Crippen molar-refractivity contribution >= 4 is 16.0 Å². The minimum absolute atomic E-state index is 0.293. The van der Waals surface area contributed by atoms with Gasteiger partial charge in [0.1, 0.15) is 6.04 Å². The Morgan fingerprint density at radius 1 is 1.38 bits per heavy atom. The Morgan fingerprint density at radius 2 is 2.00 bits per heavy atom. The van der Waals surface area contributed by atoms with Gasteiger partial charge in [-0.05, 0) is 19.4 Å². The number of nitrogens with one attached hydrogen (secondary N) is 2. The van der Waals surface area contributed by atoms with Crippen molar-refractivity contribution in [1.82, 2.24) is 10.0 Å². The molecular weight excluding hydrogens is 232 g/mol. The molecule has 0 saturated carbocycles. The fraction of sp³-hybridized carbons (Fsp3) is 0.889. The lowest BCUT2D eigenvalue weighted by Gasteiger charge is -2.14. The van der Waals surface area contributed by atoms with E-state index in [1.807, 2.05) is 6.92 Å². The molecule has 1 unspecified atom stereocenters. The quantitative estimate of drug-likeness (QED) is 0.448. The van der Waals surface area contributed by atoms with Crippen LogP contribution in [-0.2, 0) is 19.6 Å². The highest BCUT2D eigenvalue weighted by atomic mass is 32.2. The molecule has 0 saturated heterocycles.